The summed E-state index contributed by atoms with van der Waals surface area (Å²) < 4.78 is -0.820. The monoisotopic (exact) mass is 516 g/mol. The van der Waals surface area contributed by atoms with Crippen LogP contribution in [-0.4, -0.2) is 92.2 Å². The van der Waals surface area contributed by atoms with Crippen molar-refractivity contribution in [3.05, 3.63) is 35.9 Å². The fourth-order valence-corrected chi connectivity index (χ4v) is 6.30. The van der Waals surface area contributed by atoms with E-state index in [1.54, 1.807) is 51.1 Å². The third-order valence-corrected chi connectivity index (χ3v) is 8.13. The number of likely N-dealkylation sites (N-methyl/N-ethyl adjacent to an activating group) is 1. The average Bonchev–Trinajstić information content (AvgIpc) is 3.10. The minimum absolute atomic E-state index is 0.0259. The number of piperazine rings is 1. The summed E-state index contributed by atoms with van der Waals surface area (Å²) >= 11 is 1.24. The lowest BCUT2D eigenvalue weighted by Gasteiger charge is -2.45. The molecule has 13 heteroatoms. The van der Waals surface area contributed by atoms with Crippen LogP contribution in [0.1, 0.15) is 32.4 Å². The van der Waals surface area contributed by atoms with Gasteiger partial charge in [0.25, 0.3) is 0 Å². The van der Waals surface area contributed by atoms with Crippen molar-refractivity contribution >= 4 is 47.4 Å². The number of aliphatic carboxylic acids is 1. The van der Waals surface area contributed by atoms with Crippen molar-refractivity contribution in [1.29, 1.82) is 0 Å². The van der Waals surface area contributed by atoms with Crippen LogP contribution < -0.4 is 15.7 Å². The summed E-state index contributed by atoms with van der Waals surface area (Å²) in [6, 6.07) is 3.92. The van der Waals surface area contributed by atoms with Crippen LogP contribution >= 0.6 is 11.8 Å². The van der Waals surface area contributed by atoms with Crippen LogP contribution in [0.5, 0.6) is 0 Å². The van der Waals surface area contributed by atoms with Crippen molar-refractivity contribution < 1.29 is 33.9 Å². The Balaban J connectivity index is 1.51. The minimum atomic E-state index is -1.37. The Morgan fingerprint density at radius 3 is 2.39 bits per heavy atom. The van der Waals surface area contributed by atoms with Crippen molar-refractivity contribution in [3.8, 4) is 0 Å². The Bertz CT molecular complexity index is 1130. The van der Waals surface area contributed by atoms with Gasteiger partial charge >= 0.3 is 17.8 Å². The van der Waals surface area contributed by atoms with Gasteiger partial charge in [0.05, 0.1) is 12.0 Å². The van der Waals surface area contributed by atoms with Crippen LogP contribution in [-0.2, 0) is 24.0 Å². The molecular formula is C23H26N5O7S-. The number of rotatable bonds is 6. The molecule has 36 heavy (non-hydrogen) atoms. The third-order valence-electron chi connectivity index (χ3n) is 6.56. The molecule has 3 saturated heterocycles. The molecule has 3 aliphatic rings. The normalized spacial score (nSPS) is 25.7. The highest BCUT2D eigenvalue weighted by atomic mass is 32.2. The molecule has 6 amide bonds. The third kappa shape index (κ3) is 4.27. The Kier molecular flexibility index (Phi) is 6.69. The van der Waals surface area contributed by atoms with Gasteiger partial charge in [-0.3, -0.25) is 24.1 Å². The van der Waals surface area contributed by atoms with Gasteiger partial charge in [-0.15, -0.1) is 11.8 Å². The summed E-state index contributed by atoms with van der Waals surface area (Å²) in [6.07, 6.45) is 0. The van der Waals surface area contributed by atoms with E-state index in [0.29, 0.717) is 12.1 Å². The smallest absolute Gasteiger partial charge is 0.325 e. The maximum Gasteiger partial charge on any atom is 0.325 e. The van der Waals surface area contributed by atoms with Gasteiger partial charge in [0.2, 0.25) is 11.8 Å². The van der Waals surface area contributed by atoms with Crippen LogP contribution in [0.25, 0.3) is 0 Å². The highest BCUT2D eigenvalue weighted by Crippen LogP contribution is 2.50. The number of nitrogens with zero attached hydrogens (tertiary/aromatic N) is 3. The molecule has 0 bridgehead atoms. The number of carbonyl (C=O) groups is 6. The lowest BCUT2D eigenvalue weighted by Crippen LogP contribution is -2.72. The summed E-state index contributed by atoms with van der Waals surface area (Å²) in [5.74, 6) is -4.44. The summed E-state index contributed by atoms with van der Waals surface area (Å²) in [5.41, 5.74) is 0.393. The van der Waals surface area contributed by atoms with Gasteiger partial charge in [0.1, 0.15) is 17.5 Å². The molecule has 0 radical (unpaired) electrons. The van der Waals surface area contributed by atoms with E-state index in [1.807, 2.05) is 0 Å². The fourth-order valence-electron chi connectivity index (χ4n) is 4.68. The number of carboxylic acid groups (broad SMARTS) is 1. The molecular weight excluding hydrogens is 490 g/mol. The van der Waals surface area contributed by atoms with Gasteiger partial charge in [-0.1, -0.05) is 30.3 Å². The Morgan fingerprint density at radius 2 is 1.78 bits per heavy atom. The number of fused-ring (bicyclic) bond motifs is 1. The van der Waals surface area contributed by atoms with Crippen LogP contribution in [0.3, 0.4) is 0 Å². The Morgan fingerprint density at radius 1 is 1.11 bits per heavy atom. The average molecular weight is 517 g/mol. The Hall–Kier alpha value is -3.61. The molecule has 0 saturated carbocycles. The number of urea groups is 1. The fraction of sp³-hybridized carbons (Fsp3) is 0.478. The van der Waals surface area contributed by atoms with Crippen molar-refractivity contribution in [2.45, 2.75) is 49.0 Å². The van der Waals surface area contributed by atoms with Crippen molar-refractivity contribution in [2.75, 3.05) is 19.6 Å². The first-order valence-electron chi connectivity index (χ1n) is 11.5. The van der Waals surface area contributed by atoms with Gasteiger partial charge < -0.3 is 30.3 Å². The van der Waals surface area contributed by atoms with Gasteiger partial charge in [-0.25, -0.2) is 4.79 Å². The predicted molar refractivity (Wildman–Crippen MR) is 125 cm³/mol. The van der Waals surface area contributed by atoms with Crippen LogP contribution in [0.15, 0.2) is 30.3 Å². The molecule has 192 valence electrons. The standard InChI is InChI=1S/C23H27N5O7S/c1-4-26-10-11-27(19(32)18(26)31)22(35)25-13(12-8-6-5-7-9-12)16(29)24-14-17(30)28-15(21(33)34)23(2,3)36-20(14)28/h5-9,13-15,20H,4,10-11H2,1-3H3,(H,24,29)(H,25,35)(H,33,34)/p-1/t13-,14+,15-,20+/m1/s1. The number of amides is 6. The number of carbonyl (C=O) groups excluding carboxylic acids is 6. The minimum Gasteiger partial charge on any atom is -0.548 e. The van der Waals surface area contributed by atoms with E-state index in [4.69, 9.17) is 0 Å². The van der Waals surface area contributed by atoms with Gasteiger partial charge in [0, 0.05) is 24.4 Å². The number of thioether (sulfide) groups is 1. The number of hydrogen-bond donors (Lipinski definition) is 2. The predicted octanol–water partition coefficient (Wildman–Crippen LogP) is -1.57. The van der Waals surface area contributed by atoms with E-state index in [9.17, 15) is 33.9 Å². The molecule has 3 aliphatic heterocycles. The number of hydrogen-bond acceptors (Lipinski definition) is 8. The summed E-state index contributed by atoms with van der Waals surface area (Å²) in [5, 5.41) is 16.1. The zero-order valence-corrected chi connectivity index (χ0v) is 20.7. The Labute approximate surface area is 211 Å². The summed E-state index contributed by atoms with van der Waals surface area (Å²) in [7, 11) is 0. The number of carboxylic acids is 1. The number of benzene rings is 1. The van der Waals surface area contributed by atoms with Crippen molar-refractivity contribution in [3.63, 3.8) is 0 Å². The summed E-state index contributed by atoms with van der Waals surface area (Å²) in [6.45, 7) is 5.58. The molecule has 12 nitrogen and oxygen atoms in total. The van der Waals surface area contributed by atoms with Crippen LogP contribution in [0.2, 0.25) is 0 Å². The topological polar surface area (TPSA) is 159 Å². The second kappa shape index (κ2) is 9.45. The number of imide groups is 1. The SMILES string of the molecule is CCN1CCN(C(=O)N[C@@H](C(=O)N[C@H]2C(=O)N3[C@H]2SC(C)(C)[C@H]3C(=O)[O-])c2ccccc2)C(=O)C1=O. The van der Waals surface area contributed by atoms with E-state index in [2.05, 4.69) is 10.6 Å². The lowest BCUT2D eigenvalue weighted by atomic mass is 9.95. The zero-order chi connectivity index (χ0) is 26.4. The first kappa shape index (κ1) is 25.5. The molecule has 3 heterocycles. The lowest BCUT2D eigenvalue weighted by molar-refractivity contribution is -0.312. The maximum atomic E-state index is 13.3. The highest BCUT2D eigenvalue weighted by molar-refractivity contribution is 8.01. The largest absolute Gasteiger partial charge is 0.548 e. The second-order valence-corrected chi connectivity index (χ2v) is 11.0. The molecule has 2 N–H and O–H groups in total. The second-order valence-electron chi connectivity index (χ2n) is 9.20. The quantitative estimate of drug-likeness (QED) is 0.339. The highest BCUT2D eigenvalue weighted by Gasteiger charge is 2.62. The van der Waals surface area contributed by atoms with Gasteiger partial charge in [-0.2, -0.15) is 0 Å². The molecule has 4 rings (SSSR count). The molecule has 3 fully saturated rings. The van der Waals surface area contributed by atoms with Crippen molar-refractivity contribution in [1.82, 2.24) is 25.3 Å². The van der Waals surface area contributed by atoms with E-state index in [-0.39, 0.29) is 13.1 Å². The number of β-lactam (4-membered cyclic amide) rings is 1. The molecule has 0 unspecified atom stereocenters. The van der Waals surface area contributed by atoms with Crippen LogP contribution in [0.4, 0.5) is 4.79 Å². The van der Waals surface area contributed by atoms with E-state index in [0.717, 1.165) is 4.90 Å². The first-order valence-corrected chi connectivity index (χ1v) is 12.3. The van der Waals surface area contributed by atoms with Crippen molar-refractivity contribution in [2.24, 2.45) is 0 Å². The van der Waals surface area contributed by atoms with E-state index in [1.165, 1.54) is 21.6 Å². The molecule has 4 atom stereocenters. The molecule has 0 aliphatic carbocycles. The maximum absolute atomic E-state index is 13.3. The van der Waals surface area contributed by atoms with E-state index < -0.39 is 63.9 Å². The molecule has 1 aromatic rings. The molecule has 1 aromatic carbocycles. The van der Waals surface area contributed by atoms with Gasteiger partial charge in [-0.05, 0) is 26.3 Å². The van der Waals surface area contributed by atoms with E-state index >= 15 is 0 Å². The zero-order valence-electron chi connectivity index (χ0n) is 19.9. The first-order chi connectivity index (χ1) is 17.0. The summed E-state index contributed by atoms with van der Waals surface area (Å²) in [4.78, 5) is 78.6. The van der Waals surface area contributed by atoms with Gasteiger partial charge in [0.15, 0.2) is 0 Å². The molecule has 0 spiro atoms. The van der Waals surface area contributed by atoms with Crippen LogP contribution in [0, 0.1) is 0 Å². The number of nitrogens with one attached hydrogen (secondary N) is 2. The molecule has 0 aromatic heterocycles.